The van der Waals surface area contributed by atoms with Crippen LogP contribution < -0.4 is 0 Å². The van der Waals surface area contributed by atoms with Crippen LogP contribution in [0.4, 0.5) is 0 Å². The molecule has 0 aliphatic carbocycles. The Kier molecular flexibility index (Phi) is 11.8. The Morgan fingerprint density at radius 3 is 1.07 bits per heavy atom. The molecule has 0 fully saturated rings. The third kappa shape index (κ3) is 4.78. The van der Waals surface area contributed by atoms with E-state index in [0.717, 1.165) is 25.7 Å². The van der Waals surface area contributed by atoms with Gasteiger partial charge in [0.15, 0.2) is 5.78 Å². The minimum atomic E-state index is -3.33. The van der Waals surface area contributed by atoms with Crippen LogP contribution in [0.1, 0.15) is 66.2 Å². The number of carbonyl (C=O) groups excluding carboxylic acids is 1. The van der Waals surface area contributed by atoms with Crippen molar-refractivity contribution in [2.24, 2.45) is 0 Å². The lowest BCUT2D eigenvalue weighted by molar-refractivity contribution is -0.129. The zero-order chi connectivity index (χ0) is 22.1. The normalized spacial score (nSPS) is 17.2. The van der Waals surface area contributed by atoms with Crippen molar-refractivity contribution in [2.45, 2.75) is 76.3 Å². The Bertz CT molecular complexity index is 413. The predicted molar refractivity (Wildman–Crippen MR) is 114 cm³/mol. The van der Waals surface area contributed by atoms with Gasteiger partial charge in [-0.1, -0.05) is 39.5 Å². The van der Waals surface area contributed by atoms with Crippen molar-refractivity contribution in [1.29, 1.82) is 0 Å². The summed E-state index contributed by atoms with van der Waals surface area (Å²) in [6, 6.07) is 0. The number of hydrogen-bond donors (Lipinski definition) is 0. The van der Waals surface area contributed by atoms with Crippen LogP contribution in [0.25, 0.3) is 0 Å². The minimum absolute atomic E-state index is 0.0312. The lowest BCUT2D eigenvalue weighted by Crippen LogP contribution is -2.64. The second-order valence-corrected chi connectivity index (χ2v) is 14.4. The Morgan fingerprint density at radius 1 is 0.643 bits per heavy atom. The van der Waals surface area contributed by atoms with Gasteiger partial charge in [0.25, 0.3) is 0 Å². The van der Waals surface area contributed by atoms with Gasteiger partial charge in [0.2, 0.25) is 0 Å². The van der Waals surface area contributed by atoms with E-state index in [-0.39, 0.29) is 5.78 Å². The first-order chi connectivity index (χ1) is 13.1. The maximum absolute atomic E-state index is 14.3. The lowest BCUT2D eigenvalue weighted by Gasteiger charge is -2.48. The van der Waals surface area contributed by atoms with Crippen molar-refractivity contribution >= 4 is 23.4 Å². The third-order valence-electron chi connectivity index (χ3n) is 6.03. The molecule has 2 unspecified atom stereocenters. The molecule has 7 nitrogen and oxygen atoms in total. The van der Waals surface area contributed by atoms with Crippen LogP contribution in [0.2, 0.25) is 10.1 Å². The van der Waals surface area contributed by atoms with E-state index in [0.29, 0.717) is 12.8 Å². The van der Waals surface area contributed by atoms with Gasteiger partial charge in [0.1, 0.15) is 0 Å². The summed E-state index contributed by atoms with van der Waals surface area (Å²) in [6.45, 7) is 7.99. The topological polar surface area (TPSA) is 72.5 Å². The first-order valence-electron chi connectivity index (χ1n) is 10.00. The summed E-state index contributed by atoms with van der Waals surface area (Å²) in [6.07, 6.45) is 4.76. The molecule has 0 amide bonds. The van der Waals surface area contributed by atoms with Crippen LogP contribution in [-0.4, -0.2) is 66.1 Å². The van der Waals surface area contributed by atoms with Crippen LogP contribution in [0.5, 0.6) is 0 Å². The highest BCUT2D eigenvalue weighted by Gasteiger charge is 2.70. The van der Waals surface area contributed by atoms with E-state index < -0.39 is 27.7 Å². The van der Waals surface area contributed by atoms with Gasteiger partial charge in [0, 0.05) is 42.7 Å². The summed E-state index contributed by atoms with van der Waals surface area (Å²) in [7, 11) is 2.63. The van der Waals surface area contributed by atoms with Crippen LogP contribution in [0.15, 0.2) is 0 Å². The van der Waals surface area contributed by atoms with Gasteiger partial charge in [-0.2, -0.15) is 0 Å². The SMILES string of the molecule is CCCCC(C)(C(=O)C(C)(CCCC)[Si](OC)(OC)OC)[Si](OC)(OC)OC. The highest BCUT2D eigenvalue weighted by Crippen LogP contribution is 2.56. The first kappa shape index (κ1) is 27.9. The summed E-state index contributed by atoms with van der Waals surface area (Å²) < 4.78 is 34.8. The van der Waals surface area contributed by atoms with Crippen molar-refractivity contribution in [2.75, 3.05) is 42.7 Å². The van der Waals surface area contributed by atoms with Crippen LogP contribution in [-0.2, 0) is 31.4 Å². The zero-order valence-corrected chi connectivity index (χ0v) is 21.6. The number of hydrogen-bond acceptors (Lipinski definition) is 7. The molecular weight excluding hydrogens is 396 g/mol. The molecule has 0 rings (SSSR count). The largest absolute Gasteiger partial charge is 0.514 e. The van der Waals surface area contributed by atoms with E-state index in [2.05, 4.69) is 13.8 Å². The van der Waals surface area contributed by atoms with E-state index in [1.165, 1.54) is 0 Å². The average Bonchev–Trinajstić information content (AvgIpc) is 2.73. The quantitative estimate of drug-likeness (QED) is 0.334. The van der Waals surface area contributed by atoms with Crippen molar-refractivity contribution in [1.82, 2.24) is 0 Å². The molecule has 0 saturated carbocycles. The van der Waals surface area contributed by atoms with Crippen molar-refractivity contribution in [3.63, 3.8) is 0 Å². The standard InChI is InChI=1S/C19H42O7Si2/c1-11-13-15-18(3,27(21-5,22-6)23-7)17(20)19(4,16-14-12-2)28(24-8,25-9)26-10/h11-16H2,1-10H3. The summed E-state index contributed by atoms with van der Waals surface area (Å²) in [4.78, 5) is 14.3. The number of ketones is 1. The molecule has 0 aromatic carbocycles. The molecule has 0 aliphatic heterocycles. The van der Waals surface area contributed by atoms with Gasteiger partial charge in [-0.3, -0.25) is 4.79 Å². The summed E-state index contributed by atoms with van der Waals surface area (Å²) in [5.74, 6) is -0.0312. The Labute approximate surface area is 174 Å². The maximum atomic E-state index is 14.3. The van der Waals surface area contributed by atoms with Gasteiger partial charge in [0.05, 0.1) is 10.1 Å². The van der Waals surface area contributed by atoms with Crippen molar-refractivity contribution in [3.05, 3.63) is 0 Å². The molecule has 0 aromatic heterocycles. The van der Waals surface area contributed by atoms with Crippen molar-refractivity contribution < 1.29 is 31.4 Å². The lowest BCUT2D eigenvalue weighted by atomic mass is 9.86. The summed E-state index contributed by atoms with van der Waals surface area (Å²) in [5, 5.41) is -1.92. The van der Waals surface area contributed by atoms with Gasteiger partial charge < -0.3 is 26.6 Å². The number of carbonyl (C=O) groups is 1. The molecule has 0 spiro atoms. The highest BCUT2D eigenvalue weighted by atomic mass is 28.4. The highest BCUT2D eigenvalue weighted by molar-refractivity contribution is 6.74. The van der Waals surface area contributed by atoms with E-state index in [9.17, 15) is 4.79 Å². The fourth-order valence-electron chi connectivity index (χ4n) is 4.33. The smallest absolute Gasteiger partial charge is 0.376 e. The number of rotatable bonds is 16. The fraction of sp³-hybridized carbons (Fsp3) is 0.947. The number of unbranched alkanes of at least 4 members (excludes halogenated alkanes) is 2. The summed E-state index contributed by atoms with van der Waals surface area (Å²) >= 11 is 0. The van der Waals surface area contributed by atoms with Gasteiger partial charge >= 0.3 is 17.6 Å². The Balaban J connectivity index is 6.67. The maximum Gasteiger partial charge on any atom is 0.514 e. The molecule has 0 N–H and O–H groups in total. The predicted octanol–water partition coefficient (Wildman–Crippen LogP) is 4.21. The number of Topliss-reactive ketones (excluding diaryl/α,β-unsaturated/α-hetero) is 1. The third-order valence-corrected chi connectivity index (χ3v) is 12.9. The van der Waals surface area contributed by atoms with E-state index >= 15 is 0 Å². The van der Waals surface area contributed by atoms with Crippen LogP contribution >= 0.6 is 0 Å². The van der Waals surface area contributed by atoms with Gasteiger partial charge in [-0.25, -0.2) is 0 Å². The second kappa shape index (κ2) is 11.9. The van der Waals surface area contributed by atoms with Gasteiger partial charge in [-0.05, 0) is 26.7 Å². The Hall–Kier alpha value is -0.136. The Morgan fingerprint density at radius 2 is 0.893 bits per heavy atom. The molecule has 0 aliphatic rings. The second-order valence-electron chi connectivity index (χ2n) is 7.54. The molecule has 0 bridgehead atoms. The zero-order valence-electron chi connectivity index (χ0n) is 19.6. The molecule has 168 valence electrons. The first-order valence-corrected chi connectivity index (χ1v) is 13.4. The average molecular weight is 439 g/mol. The van der Waals surface area contributed by atoms with E-state index in [1.807, 2.05) is 13.8 Å². The molecule has 0 heterocycles. The molecule has 0 aromatic rings. The minimum Gasteiger partial charge on any atom is -0.376 e. The molecular formula is C19H42O7Si2. The van der Waals surface area contributed by atoms with E-state index in [1.54, 1.807) is 42.7 Å². The molecule has 28 heavy (non-hydrogen) atoms. The fourth-order valence-corrected chi connectivity index (χ4v) is 10.2. The molecule has 9 heteroatoms. The molecule has 2 atom stereocenters. The van der Waals surface area contributed by atoms with Gasteiger partial charge in [-0.15, -0.1) is 0 Å². The molecule has 0 radical (unpaired) electrons. The van der Waals surface area contributed by atoms with Crippen molar-refractivity contribution in [3.8, 4) is 0 Å². The summed E-state index contributed by atoms with van der Waals surface area (Å²) in [5.41, 5.74) is 0. The van der Waals surface area contributed by atoms with E-state index in [4.69, 9.17) is 26.6 Å². The van der Waals surface area contributed by atoms with Crippen LogP contribution in [0, 0.1) is 0 Å². The van der Waals surface area contributed by atoms with Crippen LogP contribution in [0.3, 0.4) is 0 Å². The molecule has 0 saturated heterocycles. The monoisotopic (exact) mass is 438 g/mol.